The molecule has 4 N–H and O–H groups in total. The van der Waals surface area contributed by atoms with Crippen LogP contribution < -0.4 is 10.6 Å². The van der Waals surface area contributed by atoms with E-state index in [2.05, 4.69) is 48.2 Å². The summed E-state index contributed by atoms with van der Waals surface area (Å²) in [6, 6.07) is 31.4. The number of rotatable bonds is 11. The number of anilines is 4. The van der Waals surface area contributed by atoms with Crippen LogP contribution in [0.2, 0.25) is 10.0 Å². The molecule has 0 saturated heterocycles. The predicted octanol–water partition coefficient (Wildman–Crippen LogP) is 12.4. The lowest BCUT2D eigenvalue weighted by atomic mass is 10.0. The van der Waals surface area contributed by atoms with Crippen LogP contribution >= 0.6 is 34.5 Å². The lowest BCUT2D eigenvalue weighted by Crippen LogP contribution is -2.05. The number of nitrogens with one attached hydrogen (secondary N) is 2. The van der Waals surface area contributed by atoms with Crippen molar-refractivity contribution < 1.29 is 25.9 Å². The highest BCUT2D eigenvalue weighted by Crippen LogP contribution is 2.49. The maximum Gasteiger partial charge on any atom is 0.296 e. The van der Waals surface area contributed by atoms with Crippen LogP contribution in [-0.2, 0) is 20.2 Å². The van der Waals surface area contributed by atoms with Crippen molar-refractivity contribution in [3.63, 3.8) is 0 Å². The number of halogens is 2. The van der Waals surface area contributed by atoms with E-state index in [0.717, 1.165) is 23.0 Å². The number of fused-ring (bicyclic) bond motifs is 1. The lowest BCUT2D eigenvalue weighted by molar-refractivity contribution is 0.481. The van der Waals surface area contributed by atoms with Crippen LogP contribution in [0.4, 0.5) is 44.4 Å². The molecule has 0 amide bonds. The molecular weight excluding hydrogens is 882 g/mol. The Kier molecular flexibility index (Phi) is 12.0. The first-order chi connectivity index (χ1) is 29.0. The topological polar surface area (TPSA) is 243 Å². The molecule has 0 aliphatic heterocycles. The van der Waals surface area contributed by atoms with Crippen LogP contribution in [-0.4, -0.2) is 30.9 Å². The fourth-order valence-electron chi connectivity index (χ4n) is 6.07. The minimum Gasteiger partial charge on any atom is -0.339 e. The molecule has 0 aliphatic rings. The average molecular weight is 909 g/mol. The lowest BCUT2D eigenvalue weighted by Gasteiger charge is -2.16. The Bertz CT molecular complexity index is 3270. The largest absolute Gasteiger partial charge is 0.339 e. The molecule has 61 heavy (non-hydrogen) atoms. The van der Waals surface area contributed by atoms with Crippen LogP contribution in [0, 0.1) is 36.5 Å². The van der Waals surface area contributed by atoms with E-state index in [1.54, 1.807) is 49.4 Å². The number of benzene rings is 5. The van der Waals surface area contributed by atoms with Gasteiger partial charge in [0.25, 0.3) is 20.2 Å². The number of hydrogen-bond donors (Lipinski definition) is 4. The van der Waals surface area contributed by atoms with Gasteiger partial charge in [0.15, 0.2) is 16.6 Å². The molecule has 20 heteroatoms. The van der Waals surface area contributed by atoms with Crippen LogP contribution in [0.15, 0.2) is 133 Å². The Morgan fingerprint density at radius 3 is 2.02 bits per heavy atom. The molecule has 0 spiro atoms. The summed E-state index contributed by atoms with van der Waals surface area (Å²) in [5.74, 6) is 0.0953. The normalized spacial score (nSPS) is 11.9. The second-order valence-electron chi connectivity index (χ2n) is 13.1. The minimum atomic E-state index is -4.70. The minimum absolute atomic E-state index is 0.00499. The molecule has 0 aliphatic carbocycles. The smallest absolute Gasteiger partial charge is 0.296 e. The van der Waals surface area contributed by atoms with Crippen molar-refractivity contribution in [3.8, 4) is 23.3 Å². The average Bonchev–Trinajstić information content (AvgIpc) is 3.57. The van der Waals surface area contributed by atoms with E-state index in [0.29, 0.717) is 32.8 Å². The molecule has 0 fully saturated rings. The van der Waals surface area contributed by atoms with Crippen molar-refractivity contribution in [2.45, 2.75) is 23.6 Å². The maximum absolute atomic E-state index is 12.1. The van der Waals surface area contributed by atoms with Crippen molar-refractivity contribution >= 4 is 110 Å². The van der Waals surface area contributed by atoms with E-state index >= 15 is 0 Å². The van der Waals surface area contributed by atoms with Gasteiger partial charge in [0.05, 0.1) is 16.3 Å². The fourth-order valence-corrected chi connectivity index (χ4v) is 8.82. The number of pyridine rings is 1. The summed E-state index contributed by atoms with van der Waals surface area (Å²) in [5, 5.41) is 46.4. The summed E-state index contributed by atoms with van der Waals surface area (Å²) in [6.07, 6.45) is 0. The predicted molar refractivity (Wildman–Crippen MR) is 234 cm³/mol. The molecule has 0 radical (unpaired) electrons. The number of nitrogens with zero attached hydrogens (tertiary/aromatic N) is 7. The first-order valence-corrected chi connectivity index (χ1v) is 22.0. The zero-order chi connectivity index (χ0) is 43.6. The quantitative estimate of drug-likeness (QED) is 0.0702. The third-order valence-electron chi connectivity index (χ3n) is 9.03. The highest BCUT2D eigenvalue weighted by atomic mass is 35.5. The summed E-state index contributed by atoms with van der Waals surface area (Å²) in [5.41, 5.74) is 3.45. The summed E-state index contributed by atoms with van der Waals surface area (Å²) < 4.78 is 67.7. The van der Waals surface area contributed by atoms with Gasteiger partial charge < -0.3 is 10.6 Å². The van der Waals surface area contributed by atoms with Crippen LogP contribution in [0.25, 0.3) is 21.9 Å². The third-order valence-corrected chi connectivity index (χ3v) is 12.5. The van der Waals surface area contributed by atoms with Gasteiger partial charge in [-0.1, -0.05) is 82.6 Å². The summed E-state index contributed by atoms with van der Waals surface area (Å²) in [4.78, 5) is 3.80. The van der Waals surface area contributed by atoms with Gasteiger partial charge in [0.1, 0.15) is 38.2 Å². The van der Waals surface area contributed by atoms with E-state index in [1.165, 1.54) is 30.3 Å². The Labute approximate surface area is 362 Å². The summed E-state index contributed by atoms with van der Waals surface area (Å²) in [7, 11) is -9.24. The highest BCUT2D eigenvalue weighted by molar-refractivity contribution is 7.86. The third kappa shape index (κ3) is 9.26. The summed E-state index contributed by atoms with van der Waals surface area (Å²) in [6.45, 7) is 3.52. The second kappa shape index (κ2) is 17.2. The Morgan fingerprint density at radius 2 is 1.34 bits per heavy atom. The van der Waals surface area contributed by atoms with Crippen molar-refractivity contribution in [2.24, 2.45) is 20.5 Å². The van der Waals surface area contributed by atoms with Gasteiger partial charge in [-0.25, -0.2) is 4.98 Å². The molecule has 5 aromatic carbocycles. The molecule has 15 nitrogen and oxygen atoms in total. The van der Waals surface area contributed by atoms with Crippen LogP contribution in [0.3, 0.4) is 0 Å². The van der Waals surface area contributed by atoms with Gasteiger partial charge in [0, 0.05) is 32.9 Å². The van der Waals surface area contributed by atoms with Gasteiger partial charge in [0.2, 0.25) is 0 Å². The first kappa shape index (κ1) is 42.5. The standard InChI is InChI=1S/C41H27Cl2N9O6S3/c1-22-6-8-25(9-7-22)36-32(21-45)40(59-41(36)52-49-29-13-10-24-4-3-5-34(30(24)18-29)60(53,54)55)51-50-37-23(2)31(20-44)38(48-39(37)46-27-14-11-26(42)12-15-27)47-28-16-17-33(43)35(19-28)61(56,57)58/h3-19H,1-2H3,(H2,46,47,48)(H,53,54,55)(H,56,57,58). The Morgan fingerprint density at radius 1 is 0.689 bits per heavy atom. The molecule has 304 valence electrons. The van der Waals surface area contributed by atoms with Crippen LogP contribution in [0.1, 0.15) is 22.3 Å². The molecule has 0 bridgehead atoms. The highest BCUT2D eigenvalue weighted by Gasteiger charge is 2.23. The number of aromatic nitrogens is 1. The van der Waals surface area contributed by atoms with Gasteiger partial charge in [-0.05, 0) is 85.5 Å². The molecule has 7 aromatic rings. The van der Waals surface area contributed by atoms with E-state index in [-0.39, 0.29) is 65.1 Å². The maximum atomic E-state index is 12.1. The molecule has 7 rings (SSSR count). The van der Waals surface area contributed by atoms with Gasteiger partial charge in [-0.15, -0.1) is 20.5 Å². The van der Waals surface area contributed by atoms with E-state index in [9.17, 15) is 36.5 Å². The SMILES string of the molecule is Cc1ccc(-c2c(N=Nc3ccc4cccc(S(=O)(=O)O)c4c3)sc(N=Nc3c(Nc4ccc(Cl)cc4)nc(Nc4ccc(Cl)c(S(=O)(=O)O)c4)c(C#N)c3C)c2C#N)cc1. The molecule has 0 unspecified atom stereocenters. The van der Waals surface area contributed by atoms with Gasteiger partial charge in [-0.2, -0.15) is 27.4 Å². The van der Waals surface area contributed by atoms with Crippen molar-refractivity contribution in [1.82, 2.24) is 4.98 Å². The molecule has 2 heterocycles. The number of nitriles is 2. The molecule has 2 aromatic heterocycles. The second-order valence-corrected chi connectivity index (χ2v) is 17.7. The van der Waals surface area contributed by atoms with Crippen molar-refractivity contribution in [3.05, 3.63) is 135 Å². The molecule has 0 atom stereocenters. The Balaban J connectivity index is 1.36. The first-order valence-electron chi connectivity index (χ1n) is 17.5. The fraction of sp³-hybridized carbons (Fsp3) is 0.0488. The number of aryl methyl sites for hydroxylation is 1. The van der Waals surface area contributed by atoms with E-state index < -0.39 is 25.1 Å². The van der Waals surface area contributed by atoms with Crippen LogP contribution in [0.5, 0.6) is 0 Å². The monoisotopic (exact) mass is 907 g/mol. The molecular formula is C41H27Cl2N9O6S3. The van der Waals surface area contributed by atoms with Crippen molar-refractivity contribution in [1.29, 1.82) is 10.5 Å². The van der Waals surface area contributed by atoms with Crippen molar-refractivity contribution in [2.75, 3.05) is 10.6 Å². The van der Waals surface area contributed by atoms with Gasteiger partial charge in [-0.3, -0.25) is 9.11 Å². The number of hydrogen-bond acceptors (Lipinski definition) is 14. The molecule has 0 saturated carbocycles. The summed E-state index contributed by atoms with van der Waals surface area (Å²) >= 11 is 13.2. The van der Waals surface area contributed by atoms with E-state index in [4.69, 9.17) is 23.2 Å². The zero-order valence-electron chi connectivity index (χ0n) is 31.5. The Hall–Kier alpha value is -6.61. The number of azo groups is 2. The van der Waals surface area contributed by atoms with E-state index in [1.807, 2.05) is 31.2 Å². The van der Waals surface area contributed by atoms with Gasteiger partial charge >= 0.3 is 0 Å². The zero-order valence-corrected chi connectivity index (χ0v) is 35.4. The number of thiophene rings is 1.